The lowest BCUT2D eigenvalue weighted by molar-refractivity contribution is -0.680. The molecule has 0 aromatic heterocycles. The van der Waals surface area contributed by atoms with E-state index >= 15 is 0 Å². The molecule has 2 aromatic carbocycles. The van der Waals surface area contributed by atoms with Crippen molar-refractivity contribution in [3.05, 3.63) is 54.1 Å². The molecular weight excluding hydrogens is 378 g/mol. The molecule has 1 aliphatic carbocycles. The van der Waals surface area contributed by atoms with Gasteiger partial charge in [0.2, 0.25) is 0 Å². The van der Waals surface area contributed by atoms with Crippen LogP contribution in [0.4, 0.5) is 11.4 Å². The second-order valence-corrected chi connectivity index (χ2v) is 7.85. The maximum atomic E-state index is 12.4. The predicted molar refractivity (Wildman–Crippen MR) is 119 cm³/mol. The predicted octanol–water partition coefficient (Wildman–Crippen LogP) is 3.56. The molecule has 3 rings (SSSR count). The van der Waals surface area contributed by atoms with Gasteiger partial charge >= 0.3 is 0 Å². The van der Waals surface area contributed by atoms with Gasteiger partial charge in [-0.2, -0.15) is 0 Å². The minimum Gasteiger partial charge on any atom is -0.497 e. The molecule has 4 N–H and O–H groups in total. The first-order chi connectivity index (χ1) is 14.6. The van der Waals surface area contributed by atoms with E-state index in [1.807, 2.05) is 0 Å². The van der Waals surface area contributed by atoms with Gasteiger partial charge in [0.25, 0.3) is 11.8 Å². The molecule has 6 nitrogen and oxygen atoms in total. The number of benzene rings is 2. The molecule has 0 bridgehead atoms. The van der Waals surface area contributed by atoms with E-state index < -0.39 is 0 Å². The summed E-state index contributed by atoms with van der Waals surface area (Å²) >= 11 is 0. The van der Waals surface area contributed by atoms with Crippen LogP contribution in [0.3, 0.4) is 0 Å². The van der Waals surface area contributed by atoms with Gasteiger partial charge in [-0.3, -0.25) is 9.59 Å². The Morgan fingerprint density at radius 3 is 2.07 bits per heavy atom. The van der Waals surface area contributed by atoms with E-state index in [2.05, 4.69) is 16.0 Å². The molecule has 1 saturated carbocycles. The highest BCUT2D eigenvalue weighted by Gasteiger charge is 2.16. The lowest BCUT2D eigenvalue weighted by Gasteiger charge is -2.18. The van der Waals surface area contributed by atoms with Gasteiger partial charge in [-0.05, 0) is 74.2 Å². The summed E-state index contributed by atoms with van der Waals surface area (Å²) in [5.41, 5.74) is 1.93. The number of nitrogens with two attached hydrogens (primary N) is 1. The van der Waals surface area contributed by atoms with Crippen LogP contribution < -0.4 is 20.7 Å². The van der Waals surface area contributed by atoms with Crippen molar-refractivity contribution in [3.8, 4) is 5.75 Å². The zero-order chi connectivity index (χ0) is 21.2. The molecular formula is C24H32N3O3+. The fraction of sp³-hybridized carbons (Fsp3) is 0.417. The Morgan fingerprint density at radius 1 is 0.867 bits per heavy atom. The summed E-state index contributed by atoms with van der Waals surface area (Å²) in [6.45, 7) is 0.435. The molecule has 6 heteroatoms. The molecule has 0 atom stereocenters. The summed E-state index contributed by atoms with van der Waals surface area (Å²) in [6, 6.07) is 14.7. The molecule has 2 amide bonds. The lowest BCUT2D eigenvalue weighted by Crippen LogP contribution is -2.91. The molecule has 160 valence electrons. The van der Waals surface area contributed by atoms with Crippen molar-refractivity contribution in [2.45, 2.75) is 51.0 Å². The molecule has 0 heterocycles. The number of rotatable bonds is 7. The standard InChI is InChI=1S/C24H31N3O3/c1-30-22-15-13-21(14-16-22)27-24(29)18-9-11-20(12-10-18)26-23(28)17-25-19-7-5-3-2-4-6-8-19/h9-16,19,25H,2-8,17H2,1H3,(H,26,28)(H,27,29)/p+1. The number of methoxy groups -OCH3 is 1. The Morgan fingerprint density at radius 2 is 1.43 bits per heavy atom. The van der Waals surface area contributed by atoms with Crippen LogP contribution in [-0.4, -0.2) is 31.5 Å². The number of hydrogen-bond acceptors (Lipinski definition) is 3. The summed E-state index contributed by atoms with van der Waals surface area (Å²) in [4.78, 5) is 24.7. The van der Waals surface area contributed by atoms with Crippen molar-refractivity contribution < 1.29 is 19.6 Å². The first kappa shape index (κ1) is 21.8. The summed E-state index contributed by atoms with van der Waals surface area (Å²) in [5.74, 6) is 0.531. The third kappa shape index (κ3) is 6.88. The van der Waals surface area contributed by atoms with Crippen LogP contribution in [0, 0.1) is 0 Å². The van der Waals surface area contributed by atoms with Gasteiger partial charge in [0.05, 0.1) is 13.2 Å². The maximum absolute atomic E-state index is 12.4. The molecule has 0 radical (unpaired) electrons. The van der Waals surface area contributed by atoms with Crippen LogP contribution >= 0.6 is 0 Å². The Kier molecular flexibility index (Phi) is 8.27. The molecule has 30 heavy (non-hydrogen) atoms. The number of anilines is 2. The average Bonchev–Trinajstić information content (AvgIpc) is 2.74. The zero-order valence-corrected chi connectivity index (χ0v) is 17.7. The monoisotopic (exact) mass is 410 g/mol. The first-order valence-corrected chi connectivity index (χ1v) is 10.8. The van der Waals surface area contributed by atoms with Crippen molar-refractivity contribution >= 4 is 23.2 Å². The van der Waals surface area contributed by atoms with E-state index in [9.17, 15) is 9.59 Å². The zero-order valence-electron chi connectivity index (χ0n) is 17.7. The van der Waals surface area contributed by atoms with E-state index in [1.165, 1.54) is 44.9 Å². The summed E-state index contributed by atoms with van der Waals surface area (Å²) in [7, 11) is 1.60. The van der Waals surface area contributed by atoms with Crippen molar-refractivity contribution in [2.24, 2.45) is 0 Å². The molecule has 1 aliphatic rings. The van der Waals surface area contributed by atoms with Gasteiger partial charge in [0.15, 0.2) is 6.54 Å². The number of quaternary nitrogens is 1. The van der Waals surface area contributed by atoms with E-state index in [0.717, 1.165) is 5.75 Å². The number of nitrogens with one attached hydrogen (secondary N) is 2. The van der Waals surface area contributed by atoms with Gasteiger partial charge in [-0.25, -0.2) is 0 Å². The SMILES string of the molecule is COc1ccc(NC(=O)c2ccc(NC(=O)C[NH2+]C3CCCCCCC3)cc2)cc1. The summed E-state index contributed by atoms with van der Waals surface area (Å²) in [5, 5.41) is 7.95. The Hall–Kier alpha value is -2.86. The summed E-state index contributed by atoms with van der Waals surface area (Å²) < 4.78 is 5.12. The second kappa shape index (κ2) is 11.4. The van der Waals surface area contributed by atoms with Crippen LogP contribution in [-0.2, 0) is 4.79 Å². The van der Waals surface area contributed by atoms with Crippen LogP contribution in [0.25, 0.3) is 0 Å². The topological polar surface area (TPSA) is 84.0 Å². The van der Waals surface area contributed by atoms with Crippen molar-refractivity contribution in [2.75, 3.05) is 24.3 Å². The van der Waals surface area contributed by atoms with Crippen molar-refractivity contribution in [3.63, 3.8) is 0 Å². The highest BCUT2D eigenvalue weighted by molar-refractivity contribution is 6.04. The largest absolute Gasteiger partial charge is 0.497 e. The Balaban J connectivity index is 1.45. The summed E-state index contributed by atoms with van der Waals surface area (Å²) in [6.07, 6.45) is 8.91. The van der Waals surface area contributed by atoms with Gasteiger partial charge < -0.3 is 20.7 Å². The fourth-order valence-electron chi connectivity index (χ4n) is 3.79. The van der Waals surface area contributed by atoms with Crippen LogP contribution in [0.5, 0.6) is 5.75 Å². The average molecular weight is 411 g/mol. The van der Waals surface area contributed by atoms with Crippen LogP contribution in [0.1, 0.15) is 55.3 Å². The minimum atomic E-state index is -0.198. The third-order valence-electron chi connectivity index (χ3n) is 5.57. The van der Waals surface area contributed by atoms with Gasteiger partial charge in [-0.1, -0.05) is 19.3 Å². The van der Waals surface area contributed by atoms with E-state index in [1.54, 1.807) is 55.6 Å². The highest BCUT2D eigenvalue weighted by Crippen LogP contribution is 2.17. The van der Waals surface area contributed by atoms with Crippen molar-refractivity contribution in [1.82, 2.24) is 0 Å². The fourth-order valence-corrected chi connectivity index (χ4v) is 3.79. The Bertz CT molecular complexity index is 811. The smallest absolute Gasteiger partial charge is 0.279 e. The quantitative estimate of drug-likeness (QED) is 0.653. The van der Waals surface area contributed by atoms with E-state index in [4.69, 9.17) is 4.74 Å². The highest BCUT2D eigenvalue weighted by atomic mass is 16.5. The minimum absolute atomic E-state index is 0.00695. The van der Waals surface area contributed by atoms with Gasteiger partial charge in [0.1, 0.15) is 5.75 Å². The van der Waals surface area contributed by atoms with Crippen LogP contribution in [0.15, 0.2) is 48.5 Å². The lowest BCUT2D eigenvalue weighted by atomic mass is 9.97. The molecule has 0 spiro atoms. The molecule has 0 unspecified atom stereocenters. The van der Waals surface area contributed by atoms with Gasteiger partial charge in [-0.15, -0.1) is 0 Å². The molecule has 1 fully saturated rings. The third-order valence-corrected chi connectivity index (χ3v) is 5.57. The maximum Gasteiger partial charge on any atom is 0.279 e. The number of ether oxygens (including phenoxy) is 1. The number of hydrogen-bond donors (Lipinski definition) is 3. The first-order valence-electron chi connectivity index (χ1n) is 10.8. The molecule has 0 saturated heterocycles. The normalized spacial score (nSPS) is 15.0. The molecule has 0 aliphatic heterocycles. The van der Waals surface area contributed by atoms with E-state index in [-0.39, 0.29) is 11.8 Å². The number of carbonyl (C=O) groups is 2. The molecule has 2 aromatic rings. The van der Waals surface area contributed by atoms with Gasteiger partial charge in [0, 0.05) is 16.9 Å². The number of amides is 2. The second-order valence-electron chi connectivity index (χ2n) is 7.85. The van der Waals surface area contributed by atoms with E-state index in [0.29, 0.717) is 29.5 Å². The van der Waals surface area contributed by atoms with Crippen LogP contribution in [0.2, 0.25) is 0 Å². The van der Waals surface area contributed by atoms with Crippen molar-refractivity contribution in [1.29, 1.82) is 0 Å². The Labute approximate surface area is 178 Å². The number of carbonyl (C=O) groups excluding carboxylic acids is 2.